The Kier molecular flexibility index (Phi) is 3.70. The Hall–Kier alpha value is -1.05. The van der Waals surface area contributed by atoms with Gasteiger partial charge in [-0.05, 0) is 31.5 Å². The summed E-state index contributed by atoms with van der Waals surface area (Å²) in [5.41, 5.74) is 1.69. The van der Waals surface area contributed by atoms with Crippen molar-refractivity contribution in [1.82, 2.24) is 9.88 Å². The molecule has 4 heteroatoms. The molecule has 0 radical (unpaired) electrons. The molecule has 2 rings (SSSR count). The first-order valence-corrected chi connectivity index (χ1v) is 6.79. The molecule has 0 aliphatic carbocycles. The normalized spacial score (nSPS) is 19.8. The van der Waals surface area contributed by atoms with E-state index < -0.39 is 0 Å². The summed E-state index contributed by atoms with van der Waals surface area (Å²) < 4.78 is 0.337. The van der Waals surface area contributed by atoms with Crippen molar-refractivity contribution in [2.24, 2.45) is 0 Å². The van der Waals surface area contributed by atoms with Crippen LogP contribution in [0.5, 0.6) is 0 Å². The number of rotatable bonds is 2. The third-order valence-corrected chi connectivity index (χ3v) is 4.15. The zero-order valence-corrected chi connectivity index (χ0v) is 11.1. The van der Waals surface area contributed by atoms with Crippen molar-refractivity contribution >= 4 is 11.8 Å². The van der Waals surface area contributed by atoms with E-state index in [1.807, 2.05) is 23.9 Å². The van der Waals surface area contributed by atoms with Gasteiger partial charge < -0.3 is 0 Å². The zero-order valence-electron chi connectivity index (χ0n) is 10.3. The molecule has 0 bridgehead atoms. The molecule has 0 aromatic carbocycles. The Bertz CT molecular complexity index is 437. The van der Waals surface area contributed by atoms with Crippen LogP contribution in [0.15, 0.2) is 18.3 Å². The number of pyridine rings is 1. The van der Waals surface area contributed by atoms with Gasteiger partial charge in [0.05, 0.1) is 0 Å². The van der Waals surface area contributed by atoms with Crippen LogP contribution in [0.1, 0.15) is 25.1 Å². The van der Waals surface area contributed by atoms with Gasteiger partial charge in [-0.2, -0.15) is 17.0 Å². The van der Waals surface area contributed by atoms with Gasteiger partial charge in [-0.3, -0.25) is 4.90 Å². The average molecular weight is 247 g/mol. The Labute approximate surface area is 107 Å². The predicted molar refractivity (Wildman–Crippen MR) is 70.8 cm³/mol. The maximum atomic E-state index is 8.82. The van der Waals surface area contributed by atoms with Crippen LogP contribution in [0.2, 0.25) is 0 Å². The van der Waals surface area contributed by atoms with Gasteiger partial charge in [0.1, 0.15) is 11.8 Å². The summed E-state index contributed by atoms with van der Waals surface area (Å²) >= 11 is 2.04. The third-order valence-electron chi connectivity index (χ3n) is 2.85. The van der Waals surface area contributed by atoms with Crippen LogP contribution in [0, 0.1) is 11.3 Å². The molecule has 1 aliphatic rings. The van der Waals surface area contributed by atoms with Crippen LogP contribution >= 0.6 is 11.8 Å². The van der Waals surface area contributed by atoms with E-state index in [1.165, 1.54) is 11.3 Å². The number of aromatic nitrogens is 1. The van der Waals surface area contributed by atoms with Gasteiger partial charge in [-0.15, -0.1) is 0 Å². The fourth-order valence-corrected chi connectivity index (χ4v) is 3.32. The Morgan fingerprint density at radius 1 is 1.59 bits per heavy atom. The van der Waals surface area contributed by atoms with Crippen LogP contribution in [0.4, 0.5) is 0 Å². The lowest BCUT2D eigenvalue weighted by atomic mass is 10.1. The topological polar surface area (TPSA) is 39.9 Å². The predicted octanol–water partition coefficient (Wildman–Crippen LogP) is 2.28. The number of nitrogens with zero attached hydrogens (tertiary/aromatic N) is 3. The molecule has 1 aromatic heterocycles. The van der Waals surface area contributed by atoms with E-state index in [0.29, 0.717) is 10.4 Å². The van der Waals surface area contributed by atoms with Gasteiger partial charge in [0.15, 0.2) is 0 Å². The molecule has 3 nitrogen and oxygen atoms in total. The number of nitriles is 1. The Morgan fingerprint density at radius 2 is 2.41 bits per heavy atom. The van der Waals surface area contributed by atoms with E-state index in [1.54, 1.807) is 6.20 Å². The third kappa shape index (κ3) is 3.45. The summed E-state index contributed by atoms with van der Waals surface area (Å²) in [5, 5.41) is 8.82. The van der Waals surface area contributed by atoms with Gasteiger partial charge in [0.25, 0.3) is 0 Å². The molecule has 0 unspecified atom stereocenters. The summed E-state index contributed by atoms with van der Waals surface area (Å²) in [4.78, 5) is 6.45. The molecule has 0 atom stereocenters. The number of thioether (sulfide) groups is 1. The Balaban J connectivity index is 2.03. The van der Waals surface area contributed by atoms with E-state index >= 15 is 0 Å². The quantitative estimate of drug-likeness (QED) is 0.804. The first kappa shape index (κ1) is 12.4. The molecule has 0 amide bonds. The van der Waals surface area contributed by atoms with Gasteiger partial charge in [-0.1, -0.05) is 0 Å². The first-order chi connectivity index (χ1) is 8.09. The van der Waals surface area contributed by atoms with E-state index in [4.69, 9.17) is 5.26 Å². The minimum atomic E-state index is 0.337. The van der Waals surface area contributed by atoms with Crippen LogP contribution in [-0.2, 0) is 6.54 Å². The molecule has 0 spiro atoms. The second-order valence-corrected chi connectivity index (χ2v) is 6.78. The molecular formula is C13H17N3S. The van der Waals surface area contributed by atoms with E-state index in [9.17, 15) is 0 Å². The lowest BCUT2D eigenvalue weighted by Gasteiger charge is -2.37. The maximum Gasteiger partial charge on any atom is 0.140 e. The van der Waals surface area contributed by atoms with Crippen molar-refractivity contribution in [3.8, 4) is 6.07 Å². The first-order valence-electron chi connectivity index (χ1n) is 5.80. The highest BCUT2D eigenvalue weighted by atomic mass is 32.2. The molecule has 0 saturated carbocycles. The summed E-state index contributed by atoms with van der Waals surface area (Å²) in [6.07, 6.45) is 1.72. The van der Waals surface area contributed by atoms with E-state index in [-0.39, 0.29) is 0 Å². The van der Waals surface area contributed by atoms with Gasteiger partial charge in [-0.25, -0.2) is 4.98 Å². The highest BCUT2D eigenvalue weighted by Crippen LogP contribution is 2.30. The summed E-state index contributed by atoms with van der Waals surface area (Å²) in [6.45, 7) is 7.72. The minimum absolute atomic E-state index is 0.337. The van der Waals surface area contributed by atoms with Gasteiger partial charge in [0, 0.05) is 36.3 Å². The van der Waals surface area contributed by atoms with Crippen LogP contribution in [0.25, 0.3) is 0 Å². The molecule has 17 heavy (non-hydrogen) atoms. The smallest absolute Gasteiger partial charge is 0.140 e. The molecule has 90 valence electrons. The maximum absolute atomic E-state index is 8.82. The second-order valence-electron chi connectivity index (χ2n) is 4.98. The second kappa shape index (κ2) is 5.07. The summed E-state index contributed by atoms with van der Waals surface area (Å²) in [5.74, 6) is 1.18. The SMILES string of the molecule is CC1(C)CN(Cc2ccnc(C#N)c2)CCS1. The van der Waals surface area contributed by atoms with Crippen LogP contribution in [-0.4, -0.2) is 33.5 Å². The lowest BCUT2D eigenvalue weighted by molar-refractivity contribution is 0.252. The monoisotopic (exact) mass is 247 g/mol. The van der Waals surface area contributed by atoms with Crippen LogP contribution in [0.3, 0.4) is 0 Å². The van der Waals surface area contributed by atoms with Gasteiger partial charge >= 0.3 is 0 Å². The van der Waals surface area contributed by atoms with Gasteiger partial charge in [0.2, 0.25) is 0 Å². The van der Waals surface area contributed by atoms with E-state index in [2.05, 4.69) is 29.8 Å². The van der Waals surface area contributed by atoms with Crippen molar-refractivity contribution in [2.45, 2.75) is 25.1 Å². The largest absolute Gasteiger partial charge is 0.297 e. The molecule has 1 fully saturated rings. The summed E-state index contributed by atoms with van der Waals surface area (Å²) in [7, 11) is 0. The van der Waals surface area contributed by atoms with Crippen molar-refractivity contribution in [3.63, 3.8) is 0 Å². The number of hydrogen-bond acceptors (Lipinski definition) is 4. The zero-order chi connectivity index (χ0) is 12.3. The van der Waals surface area contributed by atoms with E-state index in [0.717, 1.165) is 19.6 Å². The van der Waals surface area contributed by atoms with Crippen molar-refractivity contribution in [2.75, 3.05) is 18.8 Å². The minimum Gasteiger partial charge on any atom is -0.297 e. The van der Waals surface area contributed by atoms with Crippen molar-refractivity contribution in [1.29, 1.82) is 5.26 Å². The molecule has 0 N–H and O–H groups in total. The average Bonchev–Trinajstić information content (AvgIpc) is 2.28. The standard InChI is InChI=1S/C13H17N3S/c1-13(2)10-16(5-6-17-13)9-11-3-4-15-12(7-11)8-14/h3-4,7H,5-6,9-10H2,1-2H3. The van der Waals surface area contributed by atoms with Crippen molar-refractivity contribution < 1.29 is 0 Å². The molecule has 1 aromatic rings. The highest BCUT2D eigenvalue weighted by Gasteiger charge is 2.26. The molecule has 1 saturated heterocycles. The van der Waals surface area contributed by atoms with Crippen LogP contribution < -0.4 is 0 Å². The molecule has 1 aliphatic heterocycles. The molecular weight excluding hydrogens is 230 g/mol. The molecule has 2 heterocycles. The highest BCUT2D eigenvalue weighted by molar-refractivity contribution is 8.00. The number of hydrogen-bond donors (Lipinski definition) is 0. The summed E-state index contributed by atoms with van der Waals surface area (Å²) in [6, 6.07) is 5.97. The fraction of sp³-hybridized carbons (Fsp3) is 0.538. The fourth-order valence-electron chi connectivity index (χ4n) is 2.14. The lowest BCUT2D eigenvalue weighted by Crippen LogP contribution is -2.42. The van der Waals surface area contributed by atoms with Crippen molar-refractivity contribution in [3.05, 3.63) is 29.6 Å². The Morgan fingerprint density at radius 3 is 3.12 bits per heavy atom.